The van der Waals surface area contributed by atoms with Crippen LogP contribution in [0.25, 0.3) is 0 Å². The van der Waals surface area contributed by atoms with Crippen LogP contribution in [0.3, 0.4) is 0 Å². The van der Waals surface area contributed by atoms with Gasteiger partial charge in [0.2, 0.25) is 5.91 Å². The normalized spacial score (nSPS) is 14.1. The van der Waals surface area contributed by atoms with Crippen molar-refractivity contribution in [1.29, 1.82) is 0 Å². The molecule has 1 N–H and O–H groups in total. The molecule has 0 bridgehead atoms. The zero-order chi connectivity index (χ0) is 19.2. The van der Waals surface area contributed by atoms with Crippen LogP contribution in [0.1, 0.15) is 16.8 Å². The second-order valence-corrected chi connectivity index (χ2v) is 6.65. The minimum Gasteiger partial charge on any atom is -0.508 e. The summed E-state index contributed by atoms with van der Waals surface area (Å²) in [5.41, 5.74) is 0.487. The van der Waals surface area contributed by atoms with Gasteiger partial charge in [-0.2, -0.15) is 0 Å². The number of ether oxygens (including phenoxy) is 1. The van der Waals surface area contributed by atoms with E-state index in [0.29, 0.717) is 42.5 Å². The first-order valence-corrected chi connectivity index (χ1v) is 9.16. The largest absolute Gasteiger partial charge is 0.508 e. The fraction of sp³-hybridized carbons (Fsp3) is 0.300. The number of rotatable bonds is 5. The standard InChI is InChI=1S/C20H21ClN2O4/c21-18-4-2-1-3-17(18)20(26)23-12-10-22(11-13-23)19(25)9-14-27-16-7-5-15(24)6-8-16/h1-8,24H,9-14H2. The predicted octanol–water partition coefficient (Wildman–Crippen LogP) is 2.80. The third kappa shape index (κ3) is 4.92. The smallest absolute Gasteiger partial charge is 0.255 e. The van der Waals surface area contributed by atoms with Crippen molar-refractivity contribution in [3.63, 3.8) is 0 Å². The minimum atomic E-state index is -0.108. The highest BCUT2D eigenvalue weighted by atomic mass is 35.5. The summed E-state index contributed by atoms with van der Waals surface area (Å²) in [5.74, 6) is 0.667. The highest BCUT2D eigenvalue weighted by Crippen LogP contribution is 2.19. The number of phenols is 1. The van der Waals surface area contributed by atoms with Gasteiger partial charge in [-0.1, -0.05) is 23.7 Å². The van der Waals surface area contributed by atoms with Crippen molar-refractivity contribution in [2.45, 2.75) is 6.42 Å². The summed E-state index contributed by atoms with van der Waals surface area (Å²) in [6.07, 6.45) is 0.263. The molecule has 2 aromatic rings. The van der Waals surface area contributed by atoms with Crippen molar-refractivity contribution < 1.29 is 19.4 Å². The third-order valence-electron chi connectivity index (χ3n) is 4.45. The van der Waals surface area contributed by atoms with E-state index in [9.17, 15) is 14.7 Å². The molecule has 0 radical (unpaired) electrons. The molecule has 0 aromatic heterocycles. The number of nitrogens with zero attached hydrogens (tertiary/aromatic N) is 2. The van der Waals surface area contributed by atoms with Gasteiger partial charge < -0.3 is 19.6 Å². The molecule has 0 atom stereocenters. The van der Waals surface area contributed by atoms with E-state index in [2.05, 4.69) is 0 Å². The first-order valence-electron chi connectivity index (χ1n) is 8.78. The summed E-state index contributed by atoms with van der Waals surface area (Å²) < 4.78 is 5.52. The van der Waals surface area contributed by atoms with Gasteiger partial charge >= 0.3 is 0 Å². The SMILES string of the molecule is O=C(CCOc1ccc(O)cc1)N1CCN(C(=O)c2ccccc2Cl)CC1. The second kappa shape index (κ2) is 8.77. The van der Waals surface area contributed by atoms with Crippen LogP contribution in [0, 0.1) is 0 Å². The van der Waals surface area contributed by atoms with Gasteiger partial charge in [0, 0.05) is 26.2 Å². The highest BCUT2D eigenvalue weighted by molar-refractivity contribution is 6.33. The van der Waals surface area contributed by atoms with Gasteiger partial charge in [-0.3, -0.25) is 9.59 Å². The number of amides is 2. The fourth-order valence-corrected chi connectivity index (χ4v) is 3.14. The van der Waals surface area contributed by atoms with Crippen LogP contribution >= 0.6 is 11.6 Å². The molecule has 1 aliphatic heterocycles. The first kappa shape index (κ1) is 19.0. The van der Waals surface area contributed by atoms with Crippen molar-refractivity contribution in [2.24, 2.45) is 0 Å². The van der Waals surface area contributed by atoms with Crippen LogP contribution in [0.4, 0.5) is 0 Å². The van der Waals surface area contributed by atoms with Crippen molar-refractivity contribution >= 4 is 23.4 Å². The van der Waals surface area contributed by atoms with Crippen molar-refractivity contribution in [2.75, 3.05) is 32.8 Å². The van der Waals surface area contributed by atoms with E-state index in [1.165, 1.54) is 12.1 Å². The van der Waals surface area contributed by atoms with Crippen molar-refractivity contribution in [3.05, 3.63) is 59.1 Å². The topological polar surface area (TPSA) is 70.1 Å². The number of benzene rings is 2. The van der Waals surface area contributed by atoms with E-state index in [-0.39, 0.29) is 30.6 Å². The van der Waals surface area contributed by atoms with E-state index in [1.54, 1.807) is 46.2 Å². The zero-order valence-corrected chi connectivity index (χ0v) is 15.6. The van der Waals surface area contributed by atoms with Crippen molar-refractivity contribution in [1.82, 2.24) is 9.80 Å². The van der Waals surface area contributed by atoms with Gasteiger partial charge in [-0.15, -0.1) is 0 Å². The number of hydrogen-bond acceptors (Lipinski definition) is 4. The number of hydrogen-bond donors (Lipinski definition) is 1. The van der Waals surface area contributed by atoms with Crippen LogP contribution < -0.4 is 4.74 Å². The number of aromatic hydroxyl groups is 1. The fourth-order valence-electron chi connectivity index (χ4n) is 2.92. The van der Waals surface area contributed by atoms with Gasteiger partial charge in [0.15, 0.2) is 0 Å². The molecule has 27 heavy (non-hydrogen) atoms. The molecule has 0 unspecified atom stereocenters. The minimum absolute atomic E-state index is 0.00128. The molecular formula is C20H21ClN2O4. The highest BCUT2D eigenvalue weighted by Gasteiger charge is 2.25. The van der Waals surface area contributed by atoms with E-state index >= 15 is 0 Å². The Labute approximate surface area is 162 Å². The predicted molar refractivity (Wildman–Crippen MR) is 102 cm³/mol. The van der Waals surface area contributed by atoms with Gasteiger partial charge in [0.25, 0.3) is 5.91 Å². The van der Waals surface area contributed by atoms with Crippen LogP contribution in [0.15, 0.2) is 48.5 Å². The van der Waals surface area contributed by atoms with Gasteiger partial charge in [-0.05, 0) is 36.4 Å². The number of carbonyl (C=O) groups excluding carboxylic acids is 2. The molecule has 1 heterocycles. The van der Waals surface area contributed by atoms with E-state index in [1.807, 2.05) is 0 Å². The molecule has 0 spiro atoms. The second-order valence-electron chi connectivity index (χ2n) is 6.25. The molecule has 0 saturated carbocycles. The lowest BCUT2D eigenvalue weighted by molar-refractivity contribution is -0.133. The maximum atomic E-state index is 12.6. The molecule has 2 amide bonds. The summed E-state index contributed by atoms with van der Waals surface area (Å²) in [7, 11) is 0. The third-order valence-corrected chi connectivity index (χ3v) is 4.77. The van der Waals surface area contributed by atoms with Crippen molar-refractivity contribution in [3.8, 4) is 11.5 Å². The van der Waals surface area contributed by atoms with Crippen LogP contribution in [0.5, 0.6) is 11.5 Å². The summed E-state index contributed by atoms with van der Waals surface area (Å²) in [5, 5.41) is 9.67. The Bertz CT molecular complexity index is 802. The average molecular weight is 389 g/mol. The number of phenolic OH excluding ortho intramolecular Hbond substituents is 1. The van der Waals surface area contributed by atoms with Crippen LogP contribution in [0.2, 0.25) is 5.02 Å². The van der Waals surface area contributed by atoms with Crippen LogP contribution in [-0.4, -0.2) is 59.5 Å². The first-order chi connectivity index (χ1) is 13.0. The molecule has 1 aliphatic rings. The quantitative estimate of drug-likeness (QED) is 0.855. The molecule has 142 valence electrons. The molecule has 6 nitrogen and oxygen atoms in total. The van der Waals surface area contributed by atoms with Gasteiger partial charge in [0.05, 0.1) is 23.6 Å². The van der Waals surface area contributed by atoms with E-state index < -0.39 is 0 Å². The molecule has 0 aliphatic carbocycles. The Morgan fingerprint density at radius 2 is 1.59 bits per heavy atom. The zero-order valence-electron chi connectivity index (χ0n) is 14.8. The number of carbonyl (C=O) groups is 2. The lowest BCUT2D eigenvalue weighted by Gasteiger charge is -2.35. The Hall–Kier alpha value is -2.73. The summed E-state index contributed by atoms with van der Waals surface area (Å²) in [6, 6.07) is 13.4. The average Bonchev–Trinajstić information content (AvgIpc) is 2.69. The molecule has 7 heteroatoms. The van der Waals surface area contributed by atoms with Gasteiger partial charge in [-0.25, -0.2) is 0 Å². The molecule has 1 saturated heterocycles. The molecular weight excluding hydrogens is 368 g/mol. The Balaban J connectivity index is 1.44. The Morgan fingerprint density at radius 3 is 2.26 bits per heavy atom. The van der Waals surface area contributed by atoms with E-state index in [4.69, 9.17) is 16.3 Å². The Kier molecular flexibility index (Phi) is 6.19. The molecule has 1 fully saturated rings. The number of halogens is 1. The van der Waals surface area contributed by atoms with E-state index in [0.717, 1.165) is 0 Å². The lowest BCUT2D eigenvalue weighted by Crippen LogP contribution is -2.50. The maximum Gasteiger partial charge on any atom is 0.255 e. The maximum absolute atomic E-state index is 12.6. The summed E-state index contributed by atoms with van der Waals surface area (Å²) in [6.45, 7) is 2.22. The van der Waals surface area contributed by atoms with Gasteiger partial charge in [0.1, 0.15) is 11.5 Å². The molecule has 3 rings (SSSR count). The monoisotopic (exact) mass is 388 g/mol. The number of piperazine rings is 1. The lowest BCUT2D eigenvalue weighted by atomic mass is 10.1. The summed E-state index contributed by atoms with van der Waals surface area (Å²) >= 11 is 6.09. The summed E-state index contributed by atoms with van der Waals surface area (Å²) in [4.78, 5) is 28.3. The van der Waals surface area contributed by atoms with Crippen LogP contribution in [-0.2, 0) is 4.79 Å². The Morgan fingerprint density at radius 1 is 0.963 bits per heavy atom. The molecule has 2 aromatic carbocycles.